The quantitative estimate of drug-likeness (QED) is 0.178. The topological polar surface area (TPSA) is 13.1 Å². The second kappa shape index (κ2) is 9.12. The maximum absolute atomic E-state index is 6.15. The highest BCUT2D eigenvalue weighted by Crippen LogP contribution is 2.53. The first-order valence-corrected chi connectivity index (χ1v) is 16.8. The Hall–Kier alpha value is -5.92. The van der Waals surface area contributed by atoms with Gasteiger partial charge in [-0.1, -0.05) is 135 Å². The Bertz CT molecular complexity index is 2960. The minimum absolute atomic E-state index is 0.122. The summed E-state index contributed by atoms with van der Waals surface area (Å²) in [6, 6.07) is 54.0. The molecule has 1 aliphatic rings. The van der Waals surface area contributed by atoms with Crippen LogP contribution in [-0.2, 0) is 5.41 Å². The third-order valence-corrected chi connectivity index (χ3v) is 11.2. The van der Waals surface area contributed by atoms with Gasteiger partial charge in [0.2, 0.25) is 0 Å². The molecule has 1 heterocycles. The summed E-state index contributed by atoms with van der Waals surface area (Å²) in [5, 5.41) is 12.9. The van der Waals surface area contributed by atoms with Crippen molar-refractivity contribution in [2.45, 2.75) is 19.3 Å². The van der Waals surface area contributed by atoms with Crippen molar-refractivity contribution >= 4 is 65.0 Å². The van der Waals surface area contributed by atoms with Crippen LogP contribution >= 0.6 is 0 Å². The van der Waals surface area contributed by atoms with Crippen molar-refractivity contribution < 1.29 is 4.42 Å². The van der Waals surface area contributed by atoms with E-state index in [1.165, 1.54) is 87.6 Å². The van der Waals surface area contributed by atoms with Gasteiger partial charge in [-0.2, -0.15) is 0 Å². The molecule has 0 unspecified atom stereocenters. The lowest BCUT2D eigenvalue weighted by atomic mass is 9.80. The SMILES string of the molecule is CC1(C)c2cc(-c3ccc4ccc5cccc6ccc3c4c56)ccc2-c2c1ccc1c(-c3ccc4oc5ccccc5c4c3)cccc21. The Labute approximate surface area is 278 Å². The highest BCUT2D eigenvalue weighted by Gasteiger charge is 2.37. The third kappa shape index (κ3) is 3.35. The second-order valence-corrected chi connectivity index (χ2v) is 14.1. The average molecular weight is 611 g/mol. The Morgan fingerprint density at radius 3 is 1.94 bits per heavy atom. The molecule has 0 N–H and O–H groups in total. The zero-order valence-electron chi connectivity index (χ0n) is 26.8. The molecule has 0 saturated heterocycles. The van der Waals surface area contributed by atoms with Crippen molar-refractivity contribution in [3.05, 3.63) is 157 Å². The molecule has 1 nitrogen and oxygen atoms in total. The molecule has 0 atom stereocenters. The average Bonchev–Trinajstić information content (AvgIpc) is 3.61. The van der Waals surface area contributed by atoms with Crippen LogP contribution in [0.4, 0.5) is 0 Å². The number of rotatable bonds is 2. The normalized spacial score (nSPS) is 13.8. The van der Waals surface area contributed by atoms with Crippen molar-refractivity contribution in [2.75, 3.05) is 0 Å². The standard InChI is InChI=1S/C47H30O/c1-47(2)40-23-22-34-32(30-18-24-43-39(25-30)35-9-3-4-12-42(35)48-43)10-6-11-36(34)46(40)38-21-17-31(26-41(38)47)33-19-15-29-14-13-27-7-5-8-28-16-20-37(33)45(29)44(27)28/h3-26H,1-2H3. The molecule has 0 amide bonds. The highest BCUT2D eigenvalue weighted by molar-refractivity contribution is 6.25. The van der Waals surface area contributed by atoms with E-state index in [-0.39, 0.29) is 5.41 Å². The van der Waals surface area contributed by atoms with Gasteiger partial charge >= 0.3 is 0 Å². The van der Waals surface area contributed by atoms with Gasteiger partial charge in [-0.25, -0.2) is 0 Å². The van der Waals surface area contributed by atoms with Crippen LogP contribution in [-0.4, -0.2) is 0 Å². The third-order valence-electron chi connectivity index (χ3n) is 11.2. The largest absolute Gasteiger partial charge is 0.456 e. The first kappa shape index (κ1) is 26.2. The number of furan rings is 1. The zero-order valence-corrected chi connectivity index (χ0v) is 26.8. The summed E-state index contributed by atoms with van der Waals surface area (Å²) in [5.74, 6) is 0. The molecule has 1 heteroatoms. The van der Waals surface area contributed by atoms with E-state index in [2.05, 4.69) is 147 Å². The molecule has 0 saturated carbocycles. The summed E-state index contributed by atoms with van der Waals surface area (Å²) in [6.45, 7) is 4.78. The fraction of sp³-hybridized carbons (Fsp3) is 0.0638. The highest BCUT2D eigenvalue weighted by atomic mass is 16.3. The van der Waals surface area contributed by atoms with Gasteiger partial charge in [-0.3, -0.25) is 0 Å². The minimum atomic E-state index is -0.122. The fourth-order valence-corrected chi connectivity index (χ4v) is 8.89. The van der Waals surface area contributed by atoms with E-state index < -0.39 is 0 Å². The van der Waals surface area contributed by atoms with Crippen LogP contribution in [0.2, 0.25) is 0 Å². The second-order valence-electron chi connectivity index (χ2n) is 14.1. The van der Waals surface area contributed by atoms with E-state index in [1.807, 2.05) is 12.1 Å². The molecule has 0 spiro atoms. The number of hydrogen-bond acceptors (Lipinski definition) is 1. The van der Waals surface area contributed by atoms with Crippen LogP contribution in [0, 0.1) is 0 Å². The Morgan fingerprint density at radius 2 is 1.04 bits per heavy atom. The van der Waals surface area contributed by atoms with E-state index in [0.717, 1.165) is 21.9 Å². The molecule has 1 aliphatic carbocycles. The summed E-state index contributed by atoms with van der Waals surface area (Å²) in [7, 11) is 0. The van der Waals surface area contributed by atoms with Crippen LogP contribution in [0.5, 0.6) is 0 Å². The number of para-hydroxylation sites is 1. The number of hydrogen-bond donors (Lipinski definition) is 0. The molecule has 9 aromatic carbocycles. The van der Waals surface area contributed by atoms with Crippen LogP contribution in [0.15, 0.2) is 150 Å². The maximum atomic E-state index is 6.15. The minimum Gasteiger partial charge on any atom is -0.456 e. The van der Waals surface area contributed by atoms with Crippen molar-refractivity contribution in [1.82, 2.24) is 0 Å². The molecular weight excluding hydrogens is 581 g/mol. The predicted octanol–water partition coefficient (Wildman–Crippen LogP) is 13.3. The summed E-state index contributed by atoms with van der Waals surface area (Å²) in [6.07, 6.45) is 0. The Kier molecular flexibility index (Phi) is 4.97. The Balaban J connectivity index is 1.10. The molecule has 224 valence electrons. The molecule has 0 bridgehead atoms. The van der Waals surface area contributed by atoms with E-state index in [0.29, 0.717) is 0 Å². The molecule has 0 radical (unpaired) electrons. The van der Waals surface area contributed by atoms with E-state index in [4.69, 9.17) is 4.42 Å². The van der Waals surface area contributed by atoms with Crippen LogP contribution in [0.1, 0.15) is 25.0 Å². The predicted molar refractivity (Wildman–Crippen MR) is 203 cm³/mol. The lowest BCUT2D eigenvalue weighted by Crippen LogP contribution is -2.15. The maximum Gasteiger partial charge on any atom is 0.135 e. The summed E-state index contributed by atoms with van der Waals surface area (Å²) < 4.78 is 6.15. The molecule has 1 aromatic heterocycles. The summed E-state index contributed by atoms with van der Waals surface area (Å²) >= 11 is 0. The first-order valence-electron chi connectivity index (χ1n) is 16.8. The van der Waals surface area contributed by atoms with Gasteiger partial charge in [-0.15, -0.1) is 0 Å². The lowest BCUT2D eigenvalue weighted by molar-refractivity contribution is 0.661. The van der Waals surface area contributed by atoms with Crippen LogP contribution < -0.4 is 0 Å². The van der Waals surface area contributed by atoms with Crippen molar-refractivity contribution in [2.24, 2.45) is 0 Å². The van der Waals surface area contributed by atoms with Gasteiger partial charge in [0.25, 0.3) is 0 Å². The number of benzene rings is 9. The van der Waals surface area contributed by atoms with Crippen LogP contribution in [0.3, 0.4) is 0 Å². The van der Waals surface area contributed by atoms with E-state index >= 15 is 0 Å². The lowest BCUT2D eigenvalue weighted by Gasteiger charge is -2.22. The summed E-state index contributed by atoms with van der Waals surface area (Å²) in [4.78, 5) is 0. The first-order chi connectivity index (χ1) is 23.5. The van der Waals surface area contributed by atoms with Crippen molar-refractivity contribution in [3.63, 3.8) is 0 Å². The smallest absolute Gasteiger partial charge is 0.135 e. The van der Waals surface area contributed by atoms with Crippen molar-refractivity contribution in [3.8, 4) is 33.4 Å². The molecular formula is C47H30O. The van der Waals surface area contributed by atoms with E-state index in [9.17, 15) is 0 Å². The van der Waals surface area contributed by atoms with Gasteiger partial charge < -0.3 is 4.42 Å². The van der Waals surface area contributed by atoms with Gasteiger partial charge in [0.05, 0.1) is 0 Å². The van der Waals surface area contributed by atoms with Gasteiger partial charge in [0.1, 0.15) is 11.2 Å². The molecule has 11 rings (SSSR count). The monoisotopic (exact) mass is 610 g/mol. The molecule has 48 heavy (non-hydrogen) atoms. The van der Waals surface area contributed by atoms with Gasteiger partial charge in [0, 0.05) is 16.2 Å². The Morgan fingerprint density at radius 1 is 0.396 bits per heavy atom. The van der Waals surface area contributed by atoms with E-state index in [1.54, 1.807) is 0 Å². The summed E-state index contributed by atoms with van der Waals surface area (Å²) in [5.41, 5.74) is 12.3. The van der Waals surface area contributed by atoms with Crippen LogP contribution in [0.25, 0.3) is 98.4 Å². The molecule has 0 aliphatic heterocycles. The molecule has 0 fully saturated rings. The fourth-order valence-electron chi connectivity index (χ4n) is 8.89. The van der Waals surface area contributed by atoms with Gasteiger partial charge in [0.15, 0.2) is 0 Å². The van der Waals surface area contributed by atoms with Crippen molar-refractivity contribution in [1.29, 1.82) is 0 Å². The van der Waals surface area contributed by atoms with Gasteiger partial charge in [-0.05, 0) is 112 Å². The molecule has 10 aromatic rings. The number of fused-ring (bicyclic) bond motifs is 8. The zero-order chi connectivity index (χ0) is 31.7.